The maximum absolute atomic E-state index is 11.3. The number of aliphatic hydroxyl groups is 2. The monoisotopic (exact) mass is 241 g/mol. The molecule has 2 atom stereocenters. The standard InChI is InChI=1S/C10H15N3O4/c1-17-10(16)5-2-6(9(12)13-4-5)8(15)7(14)3-11/h2,4,7-8,14-15H,3,11H2,1H3,(H2,12,13). The van der Waals surface area contributed by atoms with Gasteiger partial charge in [0.25, 0.3) is 0 Å². The molecule has 0 fully saturated rings. The fraction of sp³-hybridized carbons (Fsp3) is 0.400. The largest absolute Gasteiger partial charge is 0.465 e. The van der Waals surface area contributed by atoms with Crippen LogP contribution in [0.3, 0.4) is 0 Å². The minimum atomic E-state index is -1.29. The van der Waals surface area contributed by atoms with Crippen molar-refractivity contribution in [3.8, 4) is 0 Å². The topological polar surface area (TPSA) is 132 Å². The van der Waals surface area contributed by atoms with Crippen LogP contribution in [0.5, 0.6) is 0 Å². The molecule has 2 unspecified atom stereocenters. The minimum Gasteiger partial charge on any atom is -0.465 e. The van der Waals surface area contributed by atoms with Gasteiger partial charge in [-0.05, 0) is 6.07 Å². The van der Waals surface area contributed by atoms with Gasteiger partial charge < -0.3 is 26.4 Å². The molecule has 0 saturated carbocycles. The van der Waals surface area contributed by atoms with E-state index >= 15 is 0 Å². The lowest BCUT2D eigenvalue weighted by atomic mass is 10.0. The lowest BCUT2D eigenvalue weighted by Crippen LogP contribution is -2.28. The van der Waals surface area contributed by atoms with Gasteiger partial charge in [0.15, 0.2) is 0 Å². The first-order valence-corrected chi connectivity index (χ1v) is 4.91. The summed E-state index contributed by atoms with van der Waals surface area (Å²) in [5, 5.41) is 19.2. The number of aromatic nitrogens is 1. The highest BCUT2D eigenvalue weighted by atomic mass is 16.5. The molecule has 0 aliphatic carbocycles. The molecule has 1 heterocycles. The Bertz CT molecular complexity index is 411. The zero-order chi connectivity index (χ0) is 13.0. The lowest BCUT2D eigenvalue weighted by Gasteiger charge is -2.17. The van der Waals surface area contributed by atoms with Gasteiger partial charge in [-0.15, -0.1) is 0 Å². The summed E-state index contributed by atoms with van der Waals surface area (Å²) in [7, 11) is 1.23. The Morgan fingerprint density at radius 2 is 2.24 bits per heavy atom. The maximum Gasteiger partial charge on any atom is 0.339 e. The van der Waals surface area contributed by atoms with Gasteiger partial charge in [0.2, 0.25) is 0 Å². The number of ether oxygens (including phenoxy) is 1. The van der Waals surface area contributed by atoms with Crippen molar-refractivity contribution < 1.29 is 19.7 Å². The molecule has 17 heavy (non-hydrogen) atoms. The summed E-state index contributed by atoms with van der Waals surface area (Å²) in [6, 6.07) is 1.32. The first-order chi connectivity index (χ1) is 8.01. The molecule has 0 bridgehead atoms. The number of hydrogen-bond donors (Lipinski definition) is 4. The van der Waals surface area contributed by atoms with Gasteiger partial charge in [0, 0.05) is 18.3 Å². The average molecular weight is 241 g/mol. The number of carbonyl (C=O) groups is 1. The zero-order valence-electron chi connectivity index (χ0n) is 9.33. The first kappa shape index (κ1) is 13.4. The van der Waals surface area contributed by atoms with Gasteiger partial charge in [0.1, 0.15) is 11.9 Å². The van der Waals surface area contributed by atoms with Crippen LogP contribution in [0, 0.1) is 0 Å². The van der Waals surface area contributed by atoms with Crippen LogP contribution in [0.1, 0.15) is 22.0 Å². The highest BCUT2D eigenvalue weighted by Gasteiger charge is 2.21. The Kier molecular flexibility index (Phi) is 4.38. The Labute approximate surface area is 98.0 Å². The molecule has 0 radical (unpaired) electrons. The summed E-state index contributed by atoms with van der Waals surface area (Å²) in [5.74, 6) is -0.578. The zero-order valence-corrected chi connectivity index (χ0v) is 9.33. The first-order valence-electron chi connectivity index (χ1n) is 4.91. The van der Waals surface area contributed by atoms with E-state index in [1.807, 2.05) is 0 Å². The highest BCUT2D eigenvalue weighted by Crippen LogP contribution is 2.22. The van der Waals surface area contributed by atoms with E-state index in [1.54, 1.807) is 0 Å². The molecule has 0 spiro atoms. The van der Waals surface area contributed by atoms with E-state index in [4.69, 9.17) is 11.5 Å². The van der Waals surface area contributed by atoms with Crippen LogP contribution in [0.4, 0.5) is 5.82 Å². The summed E-state index contributed by atoms with van der Waals surface area (Å²) in [6.07, 6.45) is -1.24. The van der Waals surface area contributed by atoms with Crippen LogP contribution in [0.15, 0.2) is 12.3 Å². The van der Waals surface area contributed by atoms with Crippen molar-refractivity contribution in [2.24, 2.45) is 5.73 Å². The number of pyridine rings is 1. The van der Waals surface area contributed by atoms with Gasteiger partial charge in [-0.2, -0.15) is 0 Å². The number of carbonyl (C=O) groups excluding carboxylic acids is 1. The van der Waals surface area contributed by atoms with E-state index in [0.717, 1.165) is 0 Å². The molecule has 6 N–H and O–H groups in total. The number of methoxy groups -OCH3 is 1. The Morgan fingerprint density at radius 1 is 1.59 bits per heavy atom. The molecule has 94 valence electrons. The molecular weight excluding hydrogens is 226 g/mol. The summed E-state index contributed by atoms with van der Waals surface area (Å²) < 4.78 is 4.51. The second kappa shape index (κ2) is 5.58. The van der Waals surface area contributed by atoms with Crippen molar-refractivity contribution in [3.05, 3.63) is 23.4 Å². The molecule has 1 rings (SSSR count). The molecule has 0 amide bonds. The summed E-state index contributed by atoms with van der Waals surface area (Å²) >= 11 is 0. The van der Waals surface area contributed by atoms with Crippen molar-refractivity contribution in [1.29, 1.82) is 0 Å². The molecule has 0 saturated heterocycles. The number of anilines is 1. The second-order valence-electron chi connectivity index (χ2n) is 3.44. The fourth-order valence-corrected chi connectivity index (χ4v) is 1.29. The van der Waals surface area contributed by atoms with Crippen molar-refractivity contribution in [1.82, 2.24) is 4.98 Å². The molecule has 0 aliphatic heterocycles. The van der Waals surface area contributed by atoms with Gasteiger partial charge in [-0.3, -0.25) is 0 Å². The Balaban J connectivity index is 3.10. The smallest absolute Gasteiger partial charge is 0.339 e. The van der Waals surface area contributed by atoms with Crippen LogP contribution < -0.4 is 11.5 Å². The molecule has 7 heteroatoms. The van der Waals surface area contributed by atoms with Crippen molar-refractivity contribution in [2.75, 3.05) is 19.4 Å². The molecule has 0 aliphatic rings. The van der Waals surface area contributed by atoms with Crippen LogP contribution in [-0.2, 0) is 4.74 Å². The predicted molar refractivity (Wildman–Crippen MR) is 60.0 cm³/mol. The normalized spacial score (nSPS) is 14.1. The number of nitrogens with two attached hydrogens (primary N) is 2. The third-order valence-electron chi connectivity index (χ3n) is 2.30. The van der Waals surface area contributed by atoms with E-state index in [9.17, 15) is 15.0 Å². The van der Waals surface area contributed by atoms with Crippen molar-refractivity contribution in [2.45, 2.75) is 12.2 Å². The molecular formula is C10H15N3O4. The Hall–Kier alpha value is -1.70. The highest BCUT2D eigenvalue weighted by molar-refractivity contribution is 5.89. The minimum absolute atomic E-state index is 0.0256. The third kappa shape index (κ3) is 2.90. The van der Waals surface area contributed by atoms with E-state index in [1.165, 1.54) is 19.4 Å². The van der Waals surface area contributed by atoms with Crippen LogP contribution in [0.2, 0.25) is 0 Å². The number of nitrogen functional groups attached to an aromatic ring is 1. The van der Waals surface area contributed by atoms with Gasteiger partial charge in [-0.25, -0.2) is 9.78 Å². The van der Waals surface area contributed by atoms with Gasteiger partial charge in [-0.1, -0.05) is 0 Å². The maximum atomic E-state index is 11.3. The third-order valence-corrected chi connectivity index (χ3v) is 2.30. The quantitative estimate of drug-likeness (QED) is 0.487. The van der Waals surface area contributed by atoms with E-state index < -0.39 is 18.2 Å². The summed E-state index contributed by atoms with van der Waals surface area (Å²) in [6.45, 7) is -0.136. The SMILES string of the molecule is COC(=O)c1cnc(N)c(C(O)C(O)CN)c1. The number of esters is 1. The second-order valence-corrected chi connectivity index (χ2v) is 3.44. The van der Waals surface area contributed by atoms with Crippen molar-refractivity contribution >= 4 is 11.8 Å². The van der Waals surface area contributed by atoms with Crippen molar-refractivity contribution in [3.63, 3.8) is 0 Å². The Morgan fingerprint density at radius 3 is 2.76 bits per heavy atom. The number of nitrogens with zero attached hydrogens (tertiary/aromatic N) is 1. The molecule has 1 aromatic rings. The predicted octanol–water partition coefficient (Wildman–Crippen LogP) is -1.20. The molecule has 7 nitrogen and oxygen atoms in total. The molecule has 1 aromatic heterocycles. The fourth-order valence-electron chi connectivity index (χ4n) is 1.29. The number of aliphatic hydroxyl groups excluding tert-OH is 2. The van der Waals surface area contributed by atoms with Gasteiger partial charge in [0.05, 0.1) is 18.8 Å². The number of hydrogen-bond acceptors (Lipinski definition) is 7. The number of rotatable bonds is 4. The van der Waals surface area contributed by atoms with E-state index in [2.05, 4.69) is 9.72 Å². The van der Waals surface area contributed by atoms with E-state index in [-0.39, 0.29) is 23.5 Å². The van der Waals surface area contributed by atoms with Crippen LogP contribution in [0.25, 0.3) is 0 Å². The van der Waals surface area contributed by atoms with E-state index in [0.29, 0.717) is 0 Å². The summed E-state index contributed by atoms with van der Waals surface area (Å²) in [4.78, 5) is 15.0. The molecule has 0 aromatic carbocycles. The van der Waals surface area contributed by atoms with Gasteiger partial charge >= 0.3 is 5.97 Å². The summed E-state index contributed by atoms with van der Waals surface area (Å²) in [5.41, 5.74) is 11.1. The average Bonchev–Trinajstić information content (AvgIpc) is 2.36. The van der Waals surface area contributed by atoms with Crippen LogP contribution in [-0.4, -0.2) is 40.9 Å². The van der Waals surface area contributed by atoms with Crippen LogP contribution >= 0.6 is 0 Å². The lowest BCUT2D eigenvalue weighted by molar-refractivity contribution is 0.0245.